The Morgan fingerprint density at radius 1 is 0.729 bits per heavy atom. The molecule has 2 aromatic carbocycles. The standard InChI is InChI=1S/C22H29N5O3.C21H27N5O3/c1-13(2)23-22(29)30-15-8-7-14(11-15)18-12-20(26-25-18)24-17-5-4-6-19-16(17)9-10-21(28)27(19)3;1-12(2)22-21(28)29-15-8-6-14(10-15)17-11-18(26-25-17)23-16-5-3-4-13-7-9-19(27)24-20(13)16/h4-6,12-15H,7-11H2,1-3H3,(H,23,29)(H2,24,25,26);3-5,11-12,14-15H,6-10H2,1-2H3,(H,22,28)(H,24,27)(H2,23,25,26)/t14-,15?;14-,15+/m00/s1. The van der Waals surface area contributed by atoms with Crippen LogP contribution in [0.1, 0.15) is 113 Å². The zero-order valence-corrected chi connectivity index (χ0v) is 34.4. The molecule has 2 aromatic heterocycles. The Balaban J connectivity index is 0.000000179. The minimum atomic E-state index is -0.353. The van der Waals surface area contributed by atoms with E-state index in [1.165, 1.54) is 0 Å². The summed E-state index contributed by atoms with van der Waals surface area (Å²) < 4.78 is 11.0. The molecule has 4 atom stereocenters. The number of ether oxygens (including phenoxy) is 2. The van der Waals surface area contributed by atoms with Crippen LogP contribution in [0.2, 0.25) is 0 Å². The molecule has 2 fully saturated rings. The predicted molar refractivity (Wildman–Crippen MR) is 226 cm³/mol. The van der Waals surface area contributed by atoms with Crippen molar-refractivity contribution in [3.05, 3.63) is 71.0 Å². The summed E-state index contributed by atoms with van der Waals surface area (Å²) in [5, 5.41) is 30.2. The lowest BCUT2D eigenvalue weighted by Gasteiger charge is -2.27. The molecule has 4 aliphatic rings. The van der Waals surface area contributed by atoms with Gasteiger partial charge in [-0.2, -0.15) is 10.2 Å². The molecule has 0 saturated heterocycles. The molecule has 0 spiro atoms. The first-order valence-corrected chi connectivity index (χ1v) is 20.8. The second-order valence-electron chi connectivity index (χ2n) is 16.5. The smallest absolute Gasteiger partial charge is 0.407 e. The Hall–Kier alpha value is -6.06. The van der Waals surface area contributed by atoms with E-state index in [4.69, 9.17) is 9.47 Å². The van der Waals surface area contributed by atoms with Crippen LogP contribution >= 0.6 is 0 Å². The summed E-state index contributed by atoms with van der Waals surface area (Å²) in [6, 6.07) is 16.0. The van der Waals surface area contributed by atoms with Crippen LogP contribution < -0.4 is 31.5 Å². The van der Waals surface area contributed by atoms with Gasteiger partial charge < -0.3 is 41.0 Å². The number of anilines is 6. The molecule has 16 heteroatoms. The van der Waals surface area contributed by atoms with Gasteiger partial charge in [0.1, 0.15) is 12.2 Å². The first-order chi connectivity index (χ1) is 28.4. The highest BCUT2D eigenvalue weighted by atomic mass is 16.6. The fourth-order valence-electron chi connectivity index (χ4n) is 8.31. The molecule has 0 bridgehead atoms. The van der Waals surface area contributed by atoms with Crippen molar-refractivity contribution in [2.45, 2.75) is 128 Å². The molecule has 4 aromatic rings. The maximum Gasteiger partial charge on any atom is 0.407 e. The van der Waals surface area contributed by atoms with Gasteiger partial charge in [0, 0.05) is 78.7 Å². The Labute approximate surface area is 344 Å². The first-order valence-electron chi connectivity index (χ1n) is 20.8. The Morgan fingerprint density at radius 2 is 1.29 bits per heavy atom. The van der Waals surface area contributed by atoms with Crippen LogP contribution in [0.5, 0.6) is 0 Å². The number of nitrogens with one attached hydrogen (secondary N) is 7. The molecule has 7 N–H and O–H groups in total. The summed E-state index contributed by atoms with van der Waals surface area (Å²) >= 11 is 0. The van der Waals surface area contributed by atoms with E-state index in [1.807, 2.05) is 83.3 Å². The van der Waals surface area contributed by atoms with E-state index < -0.39 is 0 Å². The Morgan fingerprint density at radius 3 is 1.88 bits per heavy atom. The number of nitrogens with zero attached hydrogens (tertiary/aromatic N) is 3. The number of amides is 4. The molecular formula is C43H56N10O6. The molecule has 4 heterocycles. The summed E-state index contributed by atoms with van der Waals surface area (Å²) in [7, 11) is 1.82. The van der Waals surface area contributed by atoms with Crippen LogP contribution in [0.15, 0.2) is 48.5 Å². The van der Waals surface area contributed by atoms with E-state index >= 15 is 0 Å². The van der Waals surface area contributed by atoms with Crippen LogP contribution in [-0.4, -0.2) is 75.7 Å². The topological polar surface area (TPSA) is 207 Å². The van der Waals surface area contributed by atoms with Crippen molar-refractivity contribution in [3.63, 3.8) is 0 Å². The van der Waals surface area contributed by atoms with E-state index in [-0.39, 0.29) is 54.2 Å². The first kappa shape index (κ1) is 41.1. The predicted octanol–water partition coefficient (Wildman–Crippen LogP) is 7.64. The van der Waals surface area contributed by atoms with Crippen LogP contribution in [0, 0.1) is 0 Å². The average molecular weight is 809 g/mol. The summed E-state index contributed by atoms with van der Waals surface area (Å²) in [5.41, 5.74) is 7.92. The highest BCUT2D eigenvalue weighted by molar-refractivity contribution is 5.98. The number of aromatic amines is 2. The normalized spacial score (nSPS) is 20.9. The van der Waals surface area contributed by atoms with Crippen molar-refractivity contribution in [3.8, 4) is 0 Å². The van der Waals surface area contributed by atoms with E-state index in [0.29, 0.717) is 24.6 Å². The molecule has 4 amide bonds. The van der Waals surface area contributed by atoms with Gasteiger partial charge in [-0.1, -0.05) is 18.2 Å². The molecule has 2 aliphatic heterocycles. The highest BCUT2D eigenvalue weighted by Gasteiger charge is 2.32. The van der Waals surface area contributed by atoms with Gasteiger partial charge in [0.15, 0.2) is 11.6 Å². The monoisotopic (exact) mass is 808 g/mol. The van der Waals surface area contributed by atoms with Crippen molar-refractivity contribution in [2.24, 2.45) is 0 Å². The number of carbonyl (C=O) groups excluding carboxylic acids is 4. The number of carbonyl (C=O) groups is 4. The molecule has 8 rings (SSSR count). The Kier molecular flexibility index (Phi) is 12.7. The fraction of sp³-hybridized carbons (Fsp3) is 0.488. The summed E-state index contributed by atoms with van der Waals surface area (Å²) in [4.78, 5) is 49.1. The molecule has 314 valence electrons. The summed E-state index contributed by atoms with van der Waals surface area (Å²) in [5.74, 6) is 2.20. The highest BCUT2D eigenvalue weighted by Crippen LogP contribution is 2.39. The zero-order chi connectivity index (χ0) is 41.6. The van der Waals surface area contributed by atoms with Gasteiger partial charge in [-0.15, -0.1) is 0 Å². The molecule has 2 saturated carbocycles. The summed E-state index contributed by atoms with van der Waals surface area (Å²) in [6.07, 6.45) is 6.82. The van der Waals surface area contributed by atoms with Gasteiger partial charge in [0.2, 0.25) is 11.8 Å². The number of hydrogen-bond acceptors (Lipinski definition) is 10. The third-order valence-electron chi connectivity index (χ3n) is 11.2. The van der Waals surface area contributed by atoms with Gasteiger partial charge in [-0.05, 0) is 108 Å². The van der Waals surface area contributed by atoms with Gasteiger partial charge in [-0.3, -0.25) is 19.8 Å². The number of aryl methyl sites for hydroxylation is 1. The third-order valence-corrected chi connectivity index (χ3v) is 11.2. The number of para-hydroxylation sites is 1. The average Bonchev–Trinajstić information content (AvgIpc) is 4.02. The Bertz CT molecular complexity index is 2150. The molecule has 0 radical (unpaired) electrons. The fourth-order valence-corrected chi connectivity index (χ4v) is 8.31. The van der Waals surface area contributed by atoms with E-state index in [2.05, 4.69) is 47.0 Å². The number of H-pyrrole nitrogens is 2. The van der Waals surface area contributed by atoms with Crippen LogP contribution in [0.25, 0.3) is 0 Å². The van der Waals surface area contributed by atoms with Crippen LogP contribution in [0.3, 0.4) is 0 Å². The SMILES string of the molecule is CC(C)NC(=O)OC1CC[C@H](c2cc(Nc3cccc4c3CCC(=O)N4C)n[nH]2)C1.CC(C)NC(=O)O[C@@H]1CC[C@H](c2cc(Nc3cccc4c3NC(=O)CC4)n[nH]2)C1. The van der Waals surface area contributed by atoms with Gasteiger partial charge >= 0.3 is 12.2 Å². The number of fused-ring (bicyclic) bond motifs is 2. The van der Waals surface area contributed by atoms with Gasteiger partial charge in [-0.25, -0.2) is 9.59 Å². The molecule has 59 heavy (non-hydrogen) atoms. The van der Waals surface area contributed by atoms with Crippen molar-refractivity contribution < 1.29 is 28.7 Å². The van der Waals surface area contributed by atoms with Crippen molar-refractivity contribution in [1.82, 2.24) is 31.0 Å². The summed E-state index contributed by atoms with van der Waals surface area (Å²) in [6.45, 7) is 7.65. The second kappa shape index (κ2) is 18.2. The lowest BCUT2D eigenvalue weighted by molar-refractivity contribution is -0.118. The number of aromatic nitrogens is 4. The number of benzene rings is 2. The molecular weight excluding hydrogens is 753 g/mol. The van der Waals surface area contributed by atoms with Gasteiger partial charge in [0.25, 0.3) is 0 Å². The van der Waals surface area contributed by atoms with E-state index in [9.17, 15) is 19.2 Å². The minimum Gasteiger partial charge on any atom is -0.446 e. The molecule has 16 nitrogen and oxygen atoms in total. The number of hydrogen-bond donors (Lipinski definition) is 7. The lowest BCUT2D eigenvalue weighted by Crippen LogP contribution is -2.33. The minimum absolute atomic E-state index is 0.0352. The number of rotatable bonds is 10. The zero-order valence-electron chi connectivity index (χ0n) is 34.4. The van der Waals surface area contributed by atoms with Crippen LogP contribution in [-0.2, 0) is 31.9 Å². The number of alkyl carbamates (subject to hydrolysis) is 2. The van der Waals surface area contributed by atoms with E-state index in [0.717, 1.165) is 102 Å². The molecule has 1 unspecified atom stereocenters. The maximum absolute atomic E-state index is 12.0. The van der Waals surface area contributed by atoms with Gasteiger partial charge in [0.05, 0.1) is 11.4 Å². The molecule has 2 aliphatic carbocycles. The second-order valence-corrected chi connectivity index (χ2v) is 16.5. The van der Waals surface area contributed by atoms with E-state index in [1.54, 1.807) is 4.90 Å². The maximum atomic E-state index is 12.0. The van der Waals surface area contributed by atoms with Crippen molar-refractivity contribution in [1.29, 1.82) is 0 Å². The van der Waals surface area contributed by atoms with Crippen molar-refractivity contribution in [2.75, 3.05) is 27.9 Å². The quantitative estimate of drug-likeness (QED) is 0.0833. The largest absolute Gasteiger partial charge is 0.446 e. The van der Waals surface area contributed by atoms with Crippen molar-refractivity contribution >= 4 is 58.4 Å². The third kappa shape index (κ3) is 10.3. The lowest BCUT2D eigenvalue weighted by atomic mass is 9.99. The van der Waals surface area contributed by atoms with Crippen LogP contribution in [0.4, 0.5) is 44.0 Å².